The molecule has 0 aromatic heterocycles. The Balaban J connectivity index is 1.96. The van der Waals surface area contributed by atoms with Crippen LogP contribution in [-0.2, 0) is 20.1 Å². The Kier molecular flexibility index (Phi) is 7.25. The molecule has 224 valence electrons. The lowest BCUT2D eigenvalue weighted by Gasteiger charge is -2.53. The molecule has 0 radical (unpaired) electrons. The van der Waals surface area contributed by atoms with E-state index in [4.69, 9.17) is 5.73 Å². The molecule has 6 atom stereocenters. The number of phenolic OH excluding ortho intramolecular Hbond substituents is 1. The van der Waals surface area contributed by atoms with Gasteiger partial charge in [0, 0.05) is 17.2 Å². The van der Waals surface area contributed by atoms with Gasteiger partial charge in [-0.25, -0.2) is 0 Å². The van der Waals surface area contributed by atoms with Gasteiger partial charge in [-0.2, -0.15) is 22.0 Å². The first-order chi connectivity index (χ1) is 18.7. The van der Waals surface area contributed by atoms with Gasteiger partial charge in [-0.1, -0.05) is 24.8 Å². The molecule has 41 heavy (non-hydrogen) atoms. The SMILES string of the molecule is C[C@@H]1c2c(CSC(F)(F)C(F)(F)F)ccc(O)c2C(O)=C2C(=O)[C@@]3(O)C(O)=C(C(N)=O)C(=O)[C@H](N(C)C)[C@H]3[C@H](O)[C@H]21. The number of aromatic hydroxyl groups is 1. The molecule has 1 saturated carbocycles. The minimum absolute atomic E-state index is 0.153. The summed E-state index contributed by atoms with van der Waals surface area (Å²) in [5, 5.41) is 50.6. The Hall–Kier alpha value is -3.21. The molecule has 4 rings (SSSR count). The van der Waals surface area contributed by atoms with Crippen LogP contribution >= 0.6 is 11.8 Å². The smallest absolute Gasteiger partial charge is 0.464 e. The van der Waals surface area contributed by atoms with Crippen molar-refractivity contribution in [3.05, 3.63) is 45.7 Å². The third-order valence-electron chi connectivity index (χ3n) is 7.94. The fourth-order valence-electron chi connectivity index (χ4n) is 6.16. The molecular weight excluding hydrogens is 583 g/mol. The van der Waals surface area contributed by atoms with Crippen molar-refractivity contribution in [3.8, 4) is 5.75 Å². The van der Waals surface area contributed by atoms with Crippen LogP contribution in [0, 0.1) is 11.8 Å². The standard InChI is InChI=1S/C25H25F5N2O8S/c1-7-10-8(6-41-25(29,30)24(26,27)28)4-5-9(33)12(10)17(34)13-11(7)18(35)15-16(32(2)3)19(36)14(22(31)39)21(38)23(15,40)20(13)37/h4-5,7,11,15-16,18,33-35,38,40H,6H2,1-3H3,(H2,31,39)/t7-,11+,15+,16-,18-,23-/m1/s1. The zero-order valence-electron chi connectivity index (χ0n) is 21.5. The third kappa shape index (κ3) is 4.21. The molecule has 0 bridgehead atoms. The summed E-state index contributed by atoms with van der Waals surface area (Å²) < 4.78 is 65.8. The predicted molar refractivity (Wildman–Crippen MR) is 133 cm³/mol. The second-order valence-corrected chi connectivity index (χ2v) is 11.5. The number of aliphatic hydroxyl groups is 4. The van der Waals surface area contributed by atoms with E-state index >= 15 is 0 Å². The molecule has 0 heterocycles. The van der Waals surface area contributed by atoms with E-state index in [1.165, 1.54) is 21.0 Å². The van der Waals surface area contributed by atoms with E-state index in [0.29, 0.717) is 0 Å². The number of hydrogen-bond acceptors (Lipinski definition) is 10. The number of nitrogens with two attached hydrogens (primary N) is 1. The summed E-state index contributed by atoms with van der Waals surface area (Å²) in [7, 11) is 2.63. The molecule has 1 amide bonds. The molecule has 0 spiro atoms. The average molecular weight is 609 g/mol. The highest BCUT2D eigenvalue weighted by atomic mass is 32.2. The van der Waals surface area contributed by atoms with Crippen molar-refractivity contribution >= 4 is 35.0 Å². The van der Waals surface area contributed by atoms with E-state index in [9.17, 15) is 61.9 Å². The second kappa shape index (κ2) is 9.68. The summed E-state index contributed by atoms with van der Waals surface area (Å²) in [6.07, 6.45) is -7.83. The highest BCUT2D eigenvalue weighted by molar-refractivity contribution is 7.99. The summed E-state index contributed by atoms with van der Waals surface area (Å²) >= 11 is -0.765. The largest absolute Gasteiger partial charge is 0.508 e. The van der Waals surface area contributed by atoms with Gasteiger partial charge in [0.25, 0.3) is 5.91 Å². The Bertz CT molecular complexity index is 1430. The number of rotatable bonds is 5. The van der Waals surface area contributed by atoms with Gasteiger partial charge in [0.1, 0.15) is 22.8 Å². The fourth-order valence-corrected chi connectivity index (χ4v) is 6.92. The number of Topliss-reactive ketones (excluding diaryl/α,β-unsaturated/α-hetero) is 2. The van der Waals surface area contributed by atoms with Crippen LogP contribution in [0.3, 0.4) is 0 Å². The van der Waals surface area contributed by atoms with Gasteiger partial charge >= 0.3 is 11.4 Å². The van der Waals surface area contributed by atoms with E-state index < -0.39 is 116 Å². The zero-order chi connectivity index (χ0) is 31.1. The van der Waals surface area contributed by atoms with Gasteiger partial charge < -0.3 is 31.3 Å². The summed E-state index contributed by atoms with van der Waals surface area (Å²) in [6, 6.07) is 0.338. The van der Waals surface area contributed by atoms with Crippen LogP contribution < -0.4 is 5.73 Å². The van der Waals surface area contributed by atoms with Crippen molar-refractivity contribution in [2.24, 2.45) is 17.6 Å². The normalized spacial score (nSPS) is 30.4. The highest BCUT2D eigenvalue weighted by Crippen LogP contribution is 2.57. The monoisotopic (exact) mass is 608 g/mol. The van der Waals surface area contributed by atoms with Crippen molar-refractivity contribution in [1.82, 2.24) is 4.90 Å². The first-order valence-electron chi connectivity index (χ1n) is 12.0. The van der Waals surface area contributed by atoms with Crippen molar-refractivity contribution in [2.45, 2.75) is 47.8 Å². The third-order valence-corrected chi connectivity index (χ3v) is 8.99. The maximum absolute atomic E-state index is 13.9. The maximum atomic E-state index is 13.9. The average Bonchev–Trinajstić information content (AvgIpc) is 2.84. The second-order valence-electron chi connectivity index (χ2n) is 10.4. The van der Waals surface area contributed by atoms with Crippen LogP contribution in [-0.4, -0.2) is 91.2 Å². The molecule has 1 aromatic rings. The summed E-state index contributed by atoms with van der Waals surface area (Å²) in [5.74, 6) is -12.7. The molecule has 16 heteroatoms. The van der Waals surface area contributed by atoms with Crippen LogP contribution in [0.1, 0.15) is 29.5 Å². The molecule has 10 nitrogen and oxygen atoms in total. The van der Waals surface area contributed by atoms with Gasteiger partial charge in [-0.05, 0) is 37.2 Å². The number of nitrogens with zero attached hydrogens (tertiary/aromatic N) is 1. The number of benzene rings is 1. The van der Waals surface area contributed by atoms with Gasteiger partial charge in [0.15, 0.2) is 11.4 Å². The number of halogens is 5. The minimum Gasteiger partial charge on any atom is -0.508 e. The molecule has 0 saturated heterocycles. The Labute approximate surface area is 232 Å². The summed E-state index contributed by atoms with van der Waals surface area (Å²) in [6.45, 7) is 1.34. The van der Waals surface area contributed by atoms with Crippen LogP contribution in [0.5, 0.6) is 5.75 Å². The van der Waals surface area contributed by atoms with Crippen molar-refractivity contribution in [2.75, 3.05) is 14.1 Å². The van der Waals surface area contributed by atoms with E-state index in [1.54, 1.807) is 0 Å². The molecule has 3 aliphatic rings. The topological polar surface area (TPSA) is 182 Å². The number of alkyl halides is 5. The molecular formula is C25H25F5N2O8S. The number of ketones is 2. The van der Waals surface area contributed by atoms with E-state index in [-0.39, 0.29) is 11.1 Å². The quantitative estimate of drug-likeness (QED) is 0.213. The number of phenols is 1. The summed E-state index contributed by atoms with van der Waals surface area (Å²) in [5.41, 5.74) is -0.595. The predicted octanol–water partition coefficient (Wildman–Crippen LogP) is 1.88. The van der Waals surface area contributed by atoms with Crippen molar-refractivity contribution in [1.29, 1.82) is 0 Å². The van der Waals surface area contributed by atoms with Crippen molar-refractivity contribution < 1.29 is 61.9 Å². The van der Waals surface area contributed by atoms with Gasteiger partial charge in [-0.15, -0.1) is 0 Å². The lowest BCUT2D eigenvalue weighted by Crippen LogP contribution is -2.70. The highest BCUT2D eigenvalue weighted by Gasteiger charge is 2.68. The number of primary amides is 1. The molecule has 1 aromatic carbocycles. The first-order valence-corrected chi connectivity index (χ1v) is 13.0. The van der Waals surface area contributed by atoms with Gasteiger partial charge in [0.05, 0.1) is 23.6 Å². The number of likely N-dealkylation sites (N-methyl/N-ethyl adjacent to an activating group) is 1. The van der Waals surface area contributed by atoms with Crippen LogP contribution in [0.4, 0.5) is 22.0 Å². The molecule has 7 N–H and O–H groups in total. The number of amides is 1. The van der Waals surface area contributed by atoms with Crippen molar-refractivity contribution in [3.63, 3.8) is 0 Å². The van der Waals surface area contributed by atoms with E-state index in [0.717, 1.165) is 17.0 Å². The molecule has 3 aliphatic carbocycles. The Morgan fingerprint density at radius 1 is 1.12 bits per heavy atom. The zero-order valence-corrected chi connectivity index (χ0v) is 22.3. The van der Waals surface area contributed by atoms with Crippen LogP contribution in [0.25, 0.3) is 5.76 Å². The van der Waals surface area contributed by atoms with E-state index in [2.05, 4.69) is 0 Å². The van der Waals surface area contributed by atoms with Gasteiger partial charge in [-0.3, -0.25) is 19.3 Å². The Morgan fingerprint density at radius 3 is 2.22 bits per heavy atom. The number of carbonyl (C=O) groups excluding carboxylic acids is 3. The number of carbonyl (C=O) groups is 3. The number of hydrogen-bond donors (Lipinski definition) is 6. The number of aliphatic hydroxyl groups excluding tert-OH is 3. The lowest BCUT2D eigenvalue weighted by molar-refractivity contribution is -0.237. The fraction of sp³-hybridized carbons (Fsp3) is 0.480. The minimum atomic E-state index is -5.88. The Morgan fingerprint density at radius 2 is 1.71 bits per heavy atom. The molecule has 1 fully saturated rings. The van der Waals surface area contributed by atoms with Crippen LogP contribution in [0.2, 0.25) is 0 Å². The van der Waals surface area contributed by atoms with E-state index in [1.807, 2.05) is 0 Å². The molecule has 0 aliphatic heterocycles. The number of fused-ring (bicyclic) bond motifs is 3. The van der Waals surface area contributed by atoms with Crippen LogP contribution in [0.15, 0.2) is 29.0 Å². The summed E-state index contributed by atoms with van der Waals surface area (Å²) in [4.78, 5) is 40.3. The molecule has 0 unspecified atom stereocenters. The van der Waals surface area contributed by atoms with Gasteiger partial charge in [0.2, 0.25) is 5.78 Å². The first kappa shape index (κ1) is 30.7. The lowest BCUT2D eigenvalue weighted by atomic mass is 9.54. The maximum Gasteiger partial charge on any atom is 0.464 e. The number of thioether (sulfide) groups is 1.